The van der Waals surface area contributed by atoms with Gasteiger partial charge in [-0.1, -0.05) is 17.7 Å². The number of hydrogen-bond donors (Lipinski definition) is 0. The van der Waals surface area contributed by atoms with E-state index in [9.17, 15) is 9.59 Å². The first-order chi connectivity index (χ1) is 20.8. The summed E-state index contributed by atoms with van der Waals surface area (Å²) in [5.41, 5.74) is 6.47. The summed E-state index contributed by atoms with van der Waals surface area (Å²) < 4.78 is 10.9. The lowest BCUT2D eigenvalue weighted by Crippen LogP contribution is -2.04. The molecule has 0 N–H and O–H groups in total. The zero-order valence-corrected chi connectivity index (χ0v) is 24.2. The number of hydrogen-bond acceptors (Lipinski definition) is 8. The molecule has 0 unspecified atom stereocenters. The van der Waals surface area contributed by atoms with Crippen LogP contribution in [0.15, 0.2) is 85.4 Å². The van der Waals surface area contributed by atoms with E-state index in [1.165, 1.54) is 0 Å². The van der Waals surface area contributed by atoms with Gasteiger partial charge in [-0.05, 0) is 110 Å². The monoisotopic (exact) mass is 588 g/mol. The second-order valence-electron chi connectivity index (χ2n) is 10.8. The van der Waals surface area contributed by atoms with E-state index in [-0.39, 0.29) is 0 Å². The maximum atomic E-state index is 12.7. The molecule has 7 rings (SSSR count). The van der Waals surface area contributed by atoms with Gasteiger partial charge in [0.2, 0.25) is 11.4 Å². The van der Waals surface area contributed by atoms with Crippen molar-refractivity contribution in [2.75, 3.05) is 0 Å². The second-order valence-corrected chi connectivity index (χ2v) is 11.3. The fraction of sp³-hybridized carbons (Fsp3) is 0.176. The molecular formula is C34H25ClN4O4. The van der Waals surface area contributed by atoms with Crippen LogP contribution in [-0.4, -0.2) is 19.9 Å². The van der Waals surface area contributed by atoms with Crippen molar-refractivity contribution in [3.05, 3.63) is 126 Å². The van der Waals surface area contributed by atoms with E-state index in [2.05, 4.69) is 26.0 Å². The molecule has 0 aliphatic rings. The first-order valence-corrected chi connectivity index (χ1v) is 14.3. The molecule has 0 bridgehead atoms. The van der Waals surface area contributed by atoms with Crippen LogP contribution in [0.2, 0.25) is 5.02 Å². The van der Waals surface area contributed by atoms with E-state index in [1.807, 2.05) is 62.4 Å². The molecule has 0 aliphatic heterocycles. The van der Waals surface area contributed by atoms with E-state index < -0.39 is 11.3 Å². The summed E-state index contributed by atoms with van der Waals surface area (Å²) in [6, 6.07) is 17.3. The lowest BCUT2D eigenvalue weighted by molar-refractivity contribution is 0.556. The number of aryl methyl sites for hydroxylation is 6. The molecule has 212 valence electrons. The van der Waals surface area contributed by atoms with Crippen molar-refractivity contribution in [3.63, 3.8) is 0 Å². The maximum Gasteiger partial charge on any atom is 0.347 e. The van der Waals surface area contributed by atoms with Gasteiger partial charge in [-0.2, -0.15) is 0 Å². The van der Waals surface area contributed by atoms with Gasteiger partial charge in [-0.25, -0.2) is 19.6 Å². The average molecular weight is 589 g/mol. The molecule has 0 saturated heterocycles. The first kappa shape index (κ1) is 26.9. The number of rotatable bonds is 6. The van der Waals surface area contributed by atoms with Gasteiger partial charge in [0.25, 0.3) is 0 Å². The summed E-state index contributed by atoms with van der Waals surface area (Å²) in [6.07, 6.45) is 6.41. The fourth-order valence-corrected chi connectivity index (χ4v) is 5.76. The van der Waals surface area contributed by atoms with Crippen LogP contribution in [0, 0.1) is 13.8 Å². The molecule has 9 heteroatoms. The Labute approximate surface area is 250 Å². The van der Waals surface area contributed by atoms with Crippen LogP contribution in [0.25, 0.3) is 44.0 Å². The Kier molecular flexibility index (Phi) is 6.70. The molecule has 6 aromatic heterocycles. The third-order valence-electron chi connectivity index (χ3n) is 7.64. The van der Waals surface area contributed by atoms with Gasteiger partial charge in [0.1, 0.15) is 0 Å². The number of fused-ring (bicyclic) bond motifs is 6. The van der Waals surface area contributed by atoms with Gasteiger partial charge in [-0.15, -0.1) is 0 Å². The molecule has 0 fully saturated rings. The first-order valence-electron chi connectivity index (χ1n) is 14.0. The molecule has 1 aromatic carbocycles. The van der Waals surface area contributed by atoms with Crippen LogP contribution in [0.4, 0.5) is 0 Å². The number of aromatic nitrogens is 4. The van der Waals surface area contributed by atoms with Gasteiger partial charge in [0.05, 0.1) is 32.6 Å². The lowest BCUT2D eigenvalue weighted by Gasteiger charge is -2.09. The number of benzene rings is 1. The SMILES string of the molecule is Cc1ccc2c(n1)oc(=O)c1cc(CCc3cc(Cl)cc(CCc4cnc5c(c4)c(=O)oc4nc(C)ccc45)c3)cnc12. The summed E-state index contributed by atoms with van der Waals surface area (Å²) in [6.45, 7) is 3.70. The summed E-state index contributed by atoms with van der Waals surface area (Å²) in [5.74, 6) is 0. The van der Waals surface area contributed by atoms with Crippen molar-refractivity contribution < 1.29 is 8.83 Å². The van der Waals surface area contributed by atoms with E-state index in [0.717, 1.165) is 46.5 Å². The standard InChI is InChI=1S/C34H25ClN4O4/c1-18-3-9-25-29-27(33(40)42-31(25)38-18)14-22(16-36-29)7-5-20-11-21(13-24(35)12-20)6-8-23-15-28-30(37-17-23)26-10-4-19(2)39-32(26)43-34(28)41/h3-4,9-17H,5-8H2,1-2H3. The number of nitrogens with zero attached hydrogens (tertiary/aromatic N) is 4. The smallest absolute Gasteiger partial charge is 0.347 e. The molecule has 0 atom stereocenters. The van der Waals surface area contributed by atoms with E-state index in [4.69, 9.17) is 20.4 Å². The Bertz CT molecular complexity index is 2180. The third kappa shape index (κ3) is 5.26. The minimum atomic E-state index is -0.444. The zero-order valence-electron chi connectivity index (χ0n) is 23.5. The maximum absolute atomic E-state index is 12.7. The summed E-state index contributed by atoms with van der Waals surface area (Å²) in [5, 5.41) is 2.98. The van der Waals surface area contributed by atoms with E-state index in [0.29, 0.717) is 61.9 Å². The largest absolute Gasteiger partial charge is 0.403 e. The third-order valence-corrected chi connectivity index (χ3v) is 7.86. The minimum Gasteiger partial charge on any atom is -0.403 e. The molecule has 0 saturated carbocycles. The molecule has 8 nitrogen and oxygen atoms in total. The van der Waals surface area contributed by atoms with Crippen LogP contribution in [0.5, 0.6) is 0 Å². The average Bonchev–Trinajstić information content (AvgIpc) is 2.99. The van der Waals surface area contributed by atoms with Gasteiger partial charge in [-0.3, -0.25) is 9.97 Å². The molecule has 7 aromatic rings. The molecule has 43 heavy (non-hydrogen) atoms. The highest BCUT2D eigenvalue weighted by Gasteiger charge is 2.13. The van der Waals surface area contributed by atoms with Crippen molar-refractivity contribution in [1.29, 1.82) is 0 Å². The molecule has 0 aliphatic carbocycles. The number of pyridine rings is 4. The minimum absolute atomic E-state index is 0.299. The topological polar surface area (TPSA) is 112 Å². The van der Waals surface area contributed by atoms with Gasteiger partial charge < -0.3 is 8.83 Å². The Morgan fingerprint density at radius 1 is 0.581 bits per heavy atom. The molecule has 6 heterocycles. The van der Waals surface area contributed by atoms with Gasteiger partial charge in [0.15, 0.2) is 0 Å². The Morgan fingerprint density at radius 2 is 1.02 bits per heavy atom. The summed E-state index contributed by atoms with van der Waals surface area (Å²) in [4.78, 5) is 43.2. The molecule has 0 spiro atoms. The fourth-order valence-electron chi connectivity index (χ4n) is 5.48. The van der Waals surface area contributed by atoms with Crippen molar-refractivity contribution in [2.24, 2.45) is 0 Å². The highest BCUT2D eigenvalue weighted by atomic mass is 35.5. The molecular weight excluding hydrogens is 564 g/mol. The van der Waals surface area contributed by atoms with Crippen molar-refractivity contribution >= 4 is 55.6 Å². The van der Waals surface area contributed by atoms with E-state index >= 15 is 0 Å². The van der Waals surface area contributed by atoms with Crippen LogP contribution >= 0.6 is 11.6 Å². The molecule has 0 amide bonds. The number of halogens is 1. The Morgan fingerprint density at radius 3 is 1.49 bits per heavy atom. The zero-order chi connectivity index (χ0) is 29.7. The summed E-state index contributed by atoms with van der Waals surface area (Å²) in [7, 11) is 0. The van der Waals surface area contributed by atoms with E-state index in [1.54, 1.807) is 12.4 Å². The highest BCUT2D eigenvalue weighted by molar-refractivity contribution is 6.30. The van der Waals surface area contributed by atoms with Gasteiger partial charge in [0, 0.05) is 28.8 Å². The lowest BCUT2D eigenvalue weighted by atomic mass is 9.99. The van der Waals surface area contributed by atoms with Crippen LogP contribution in [-0.2, 0) is 25.7 Å². The normalized spacial score (nSPS) is 11.7. The van der Waals surface area contributed by atoms with Crippen LogP contribution in [0.3, 0.4) is 0 Å². The summed E-state index contributed by atoms with van der Waals surface area (Å²) >= 11 is 6.50. The second kappa shape index (κ2) is 10.7. The Balaban J connectivity index is 1.09. The quantitative estimate of drug-likeness (QED) is 0.199. The van der Waals surface area contributed by atoms with Gasteiger partial charge >= 0.3 is 11.3 Å². The van der Waals surface area contributed by atoms with Crippen LogP contribution < -0.4 is 11.3 Å². The van der Waals surface area contributed by atoms with Crippen LogP contribution in [0.1, 0.15) is 33.6 Å². The highest BCUT2D eigenvalue weighted by Crippen LogP contribution is 2.24. The van der Waals surface area contributed by atoms with Crippen molar-refractivity contribution in [3.8, 4) is 0 Å². The predicted molar refractivity (Wildman–Crippen MR) is 167 cm³/mol. The van der Waals surface area contributed by atoms with Crippen molar-refractivity contribution in [1.82, 2.24) is 19.9 Å². The molecule has 0 radical (unpaired) electrons. The predicted octanol–water partition coefficient (Wildman–Crippen LogP) is 6.63. The Hall–Kier alpha value is -4.95. The van der Waals surface area contributed by atoms with Crippen molar-refractivity contribution in [2.45, 2.75) is 39.5 Å².